The zero-order chi connectivity index (χ0) is 17.1. The van der Waals surface area contributed by atoms with Crippen LogP contribution in [0.2, 0.25) is 5.02 Å². The highest BCUT2D eigenvalue weighted by atomic mass is 35.5. The molecule has 0 atom stereocenters. The Bertz CT molecular complexity index is 872. The number of esters is 1. The molecule has 0 unspecified atom stereocenters. The van der Waals surface area contributed by atoms with Crippen molar-refractivity contribution in [1.82, 2.24) is 9.38 Å². The third-order valence-electron chi connectivity index (χ3n) is 3.61. The maximum Gasteiger partial charge on any atom is 0.325 e. The Morgan fingerprint density at radius 1 is 1.25 bits per heavy atom. The molecule has 5 nitrogen and oxygen atoms in total. The largest absolute Gasteiger partial charge is 0.465 e. The average Bonchev–Trinajstić information content (AvgIpc) is 2.91. The quantitative estimate of drug-likeness (QED) is 0.713. The van der Waals surface area contributed by atoms with Gasteiger partial charge in [-0.1, -0.05) is 41.4 Å². The van der Waals surface area contributed by atoms with Gasteiger partial charge >= 0.3 is 5.97 Å². The first-order chi connectivity index (χ1) is 11.6. The summed E-state index contributed by atoms with van der Waals surface area (Å²) >= 11 is 6.11. The minimum Gasteiger partial charge on any atom is -0.465 e. The van der Waals surface area contributed by atoms with E-state index < -0.39 is 0 Å². The number of aryl methyl sites for hydroxylation is 1. The number of rotatable bonds is 5. The summed E-state index contributed by atoms with van der Waals surface area (Å²) in [5.74, 6) is 0.397. The standard InChI is InChI=1S/C18H18ClN3O2/c1-3-24-16(23)10-20-18-17(13-6-4-12(2)5-7-13)21-15-9-8-14(19)11-22(15)18/h4-9,11,20H,3,10H2,1-2H3. The lowest BCUT2D eigenvalue weighted by molar-refractivity contribution is -0.140. The smallest absolute Gasteiger partial charge is 0.325 e. The fourth-order valence-electron chi connectivity index (χ4n) is 2.47. The molecule has 0 bridgehead atoms. The van der Waals surface area contributed by atoms with Gasteiger partial charge in [-0.3, -0.25) is 9.20 Å². The number of aromatic nitrogens is 2. The van der Waals surface area contributed by atoms with Gasteiger partial charge in [-0.25, -0.2) is 4.98 Å². The predicted octanol–water partition coefficient (Wildman–Crippen LogP) is 3.94. The molecule has 0 saturated carbocycles. The lowest BCUT2D eigenvalue weighted by Crippen LogP contribution is -2.17. The minimum absolute atomic E-state index is 0.0625. The van der Waals surface area contributed by atoms with E-state index in [1.54, 1.807) is 19.2 Å². The summed E-state index contributed by atoms with van der Waals surface area (Å²) in [5.41, 5.74) is 3.65. The molecule has 0 saturated heterocycles. The van der Waals surface area contributed by atoms with Crippen molar-refractivity contribution in [3.05, 3.63) is 53.2 Å². The van der Waals surface area contributed by atoms with Crippen LogP contribution in [0.5, 0.6) is 0 Å². The van der Waals surface area contributed by atoms with E-state index >= 15 is 0 Å². The number of benzene rings is 1. The Labute approximate surface area is 145 Å². The van der Waals surface area contributed by atoms with Crippen molar-refractivity contribution < 1.29 is 9.53 Å². The summed E-state index contributed by atoms with van der Waals surface area (Å²) < 4.78 is 6.82. The van der Waals surface area contributed by atoms with Gasteiger partial charge in [0.25, 0.3) is 0 Å². The molecule has 0 amide bonds. The van der Waals surface area contributed by atoms with Crippen LogP contribution in [-0.4, -0.2) is 28.5 Å². The van der Waals surface area contributed by atoms with Gasteiger partial charge in [-0.05, 0) is 26.0 Å². The first kappa shape index (κ1) is 16.3. The molecule has 0 fully saturated rings. The van der Waals surface area contributed by atoms with Gasteiger partial charge in [-0.2, -0.15) is 0 Å². The first-order valence-corrected chi connectivity index (χ1v) is 8.10. The normalized spacial score (nSPS) is 10.8. The summed E-state index contributed by atoms with van der Waals surface area (Å²) in [5, 5.41) is 3.72. The molecular formula is C18H18ClN3O2. The van der Waals surface area contributed by atoms with Crippen LogP contribution in [-0.2, 0) is 9.53 Å². The van der Waals surface area contributed by atoms with Crippen molar-refractivity contribution in [3.63, 3.8) is 0 Å². The monoisotopic (exact) mass is 343 g/mol. The molecular weight excluding hydrogens is 326 g/mol. The Hall–Kier alpha value is -2.53. The zero-order valence-electron chi connectivity index (χ0n) is 13.5. The van der Waals surface area contributed by atoms with Crippen molar-refractivity contribution in [2.45, 2.75) is 13.8 Å². The predicted molar refractivity (Wildman–Crippen MR) is 95.5 cm³/mol. The highest BCUT2D eigenvalue weighted by molar-refractivity contribution is 6.30. The molecule has 0 aliphatic heterocycles. The number of nitrogens with zero attached hydrogens (tertiary/aromatic N) is 2. The molecule has 0 aliphatic carbocycles. The van der Waals surface area contributed by atoms with Crippen LogP contribution in [0.25, 0.3) is 16.9 Å². The zero-order valence-corrected chi connectivity index (χ0v) is 14.3. The van der Waals surface area contributed by atoms with E-state index in [1.807, 2.05) is 41.7 Å². The van der Waals surface area contributed by atoms with E-state index in [2.05, 4.69) is 10.3 Å². The fraction of sp³-hybridized carbons (Fsp3) is 0.222. The number of carbonyl (C=O) groups excluding carboxylic acids is 1. The Balaban J connectivity index is 2.05. The number of fused-ring (bicyclic) bond motifs is 1. The summed E-state index contributed by atoms with van der Waals surface area (Å²) in [7, 11) is 0. The molecule has 24 heavy (non-hydrogen) atoms. The van der Waals surface area contributed by atoms with Crippen LogP contribution < -0.4 is 5.32 Å². The third-order valence-corrected chi connectivity index (χ3v) is 3.84. The molecule has 2 heterocycles. The summed E-state index contributed by atoms with van der Waals surface area (Å²) in [4.78, 5) is 16.4. The number of pyridine rings is 1. The number of nitrogens with one attached hydrogen (secondary N) is 1. The number of anilines is 1. The summed E-state index contributed by atoms with van der Waals surface area (Å²) in [6.45, 7) is 4.23. The highest BCUT2D eigenvalue weighted by Crippen LogP contribution is 2.29. The molecule has 3 aromatic rings. The van der Waals surface area contributed by atoms with Gasteiger partial charge in [0.1, 0.15) is 23.7 Å². The van der Waals surface area contributed by atoms with Crippen molar-refractivity contribution >= 4 is 29.0 Å². The highest BCUT2D eigenvalue weighted by Gasteiger charge is 2.15. The van der Waals surface area contributed by atoms with Crippen molar-refractivity contribution in [3.8, 4) is 11.3 Å². The molecule has 1 aromatic carbocycles. The first-order valence-electron chi connectivity index (χ1n) is 7.72. The Morgan fingerprint density at radius 3 is 2.71 bits per heavy atom. The summed E-state index contributed by atoms with van der Waals surface area (Å²) in [6, 6.07) is 11.7. The number of ether oxygens (including phenoxy) is 1. The number of hydrogen-bond donors (Lipinski definition) is 1. The minimum atomic E-state index is -0.315. The van der Waals surface area contributed by atoms with Gasteiger partial charge in [0.05, 0.1) is 11.6 Å². The SMILES string of the molecule is CCOC(=O)CNc1c(-c2ccc(C)cc2)nc2ccc(Cl)cn12. The number of carbonyl (C=O) groups is 1. The second kappa shape index (κ2) is 6.93. The number of imidazole rings is 1. The maximum atomic E-state index is 11.7. The van der Waals surface area contributed by atoms with Crippen LogP contribution >= 0.6 is 11.6 Å². The molecule has 0 aliphatic rings. The molecule has 2 aromatic heterocycles. The van der Waals surface area contributed by atoms with Crippen molar-refractivity contribution in [1.29, 1.82) is 0 Å². The molecule has 1 N–H and O–H groups in total. The maximum absolute atomic E-state index is 11.7. The molecule has 0 radical (unpaired) electrons. The van der Waals surface area contributed by atoms with E-state index in [4.69, 9.17) is 16.3 Å². The van der Waals surface area contributed by atoms with Crippen LogP contribution in [0.4, 0.5) is 5.82 Å². The second-order valence-corrected chi connectivity index (χ2v) is 5.85. The van der Waals surface area contributed by atoms with Crippen LogP contribution in [0, 0.1) is 6.92 Å². The molecule has 124 valence electrons. The average molecular weight is 344 g/mol. The molecule has 3 rings (SSSR count). The second-order valence-electron chi connectivity index (χ2n) is 5.41. The third kappa shape index (κ3) is 3.36. The lowest BCUT2D eigenvalue weighted by atomic mass is 10.1. The van der Waals surface area contributed by atoms with Crippen LogP contribution in [0.15, 0.2) is 42.6 Å². The Kier molecular flexibility index (Phi) is 4.71. The van der Waals surface area contributed by atoms with Crippen molar-refractivity contribution in [2.24, 2.45) is 0 Å². The van der Waals surface area contributed by atoms with Gasteiger partial charge < -0.3 is 10.1 Å². The van der Waals surface area contributed by atoms with Gasteiger partial charge in [0.15, 0.2) is 0 Å². The van der Waals surface area contributed by atoms with Gasteiger partial charge in [-0.15, -0.1) is 0 Å². The molecule has 6 heteroatoms. The van der Waals surface area contributed by atoms with Crippen LogP contribution in [0.1, 0.15) is 12.5 Å². The number of halogens is 1. The van der Waals surface area contributed by atoms with E-state index in [0.717, 1.165) is 16.9 Å². The van der Waals surface area contributed by atoms with Gasteiger partial charge in [0, 0.05) is 11.8 Å². The van der Waals surface area contributed by atoms with E-state index in [1.165, 1.54) is 5.56 Å². The van der Waals surface area contributed by atoms with Crippen LogP contribution in [0.3, 0.4) is 0 Å². The van der Waals surface area contributed by atoms with E-state index in [0.29, 0.717) is 17.4 Å². The lowest BCUT2D eigenvalue weighted by Gasteiger charge is -2.09. The number of hydrogen-bond acceptors (Lipinski definition) is 4. The fourth-order valence-corrected chi connectivity index (χ4v) is 2.63. The molecule has 0 spiro atoms. The van der Waals surface area contributed by atoms with E-state index in [-0.39, 0.29) is 12.5 Å². The van der Waals surface area contributed by atoms with Gasteiger partial charge in [0.2, 0.25) is 0 Å². The Morgan fingerprint density at radius 2 is 2.00 bits per heavy atom. The van der Waals surface area contributed by atoms with Crippen molar-refractivity contribution in [2.75, 3.05) is 18.5 Å². The van der Waals surface area contributed by atoms with E-state index in [9.17, 15) is 4.79 Å². The topological polar surface area (TPSA) is 55.6 Å². The summed E-state index contributed by atoms with van der Waals surface area (Å²) in [6.07, 6.45) is 1.77.